The second-order valence-electron chi connectivity index (χ2n) is 14.1. The van der Waals surface area contributed by atoms with Gasteiger partial charge in [0.15, 0.2) is 11.7 Å². The number of hydrogen-bond donors (Lipinski definition) is 0. The van der Waals surface area contributed by atoms with E-state index in [1.54, 1.807) is 7.11 Å². The lowest BCUT2D eigenvalue weighted by molar-refractivity contribution is 0.245. The monoisotopic (exact) mass is 669 g/mol. The molecule has 0 saturated carbocycles. The topological polar surface area (TPSA) is 59.5 Å². The molecule has 4 aliphatic rings. The first-order valence-electron chi connectivity index (χ1n) is 18.0. The Hall–Kier alpha value is -5.55. The number of benzene rings is 3. The number of amidine groups is 2. The Morgan fingerprint density at radius 2 is 1.65 bits per heavy atom. The van der Waals surface area contributed by atoms with E-state index in [2.05, 4.69) is 104 Å². The van der Waals surface area contributed by atoms with Gasteiger partial charge in [0.25, 0.3) is 0 Å². The molecular weight excluding hydrogens is 627 g/mol. The third kappa shape index (κ3) is 6.45. The van der Waals surface area contributed by atoms with E-state index < -0.39 is 0 Å². The Balaban J connectivity index is 1.12. The van der Waals surface area contributed by atoms with Crippen LogP contribution in [0.5, 0.6) is 0 Å². The maximum atomic E-state index is 6.24. The van der Waals surface area contributed by atoms with Gasteiger partial charge in [-0.15, -0.1) is 0 Å². The molecule has 8 rings (SSSR count). The van der Waals surface area contributed by atoms with E-state index in [1.165, 1.54) is 29.2 Å². The van der Waals surface area contributed by atoms with Crippen molar-refractivity contribution in [2.45, 2.75) is 39.0 Å². The highest BCUT2D eigenvalue weighted by molar-refractivity contribution is 6.12. The van der Waals surface area contributed by atoms with Gasteiger partial charge in [0, 0.05) is 44.6 Å². The van der Waals surface area contributed by atoms with Crippen LogP contribution >= 0.6 is 0 Å². The lowest BCUT2D eigenvalue weighted by Crippen LogP contribution is -2.32. The molecule has 0 saturated heterocycles. The fourth-order valence-electron chi connectivity index (χ4n) is 7.88. The summed E-state index contributed by atoms with van der Waals surface area (Å²) in [5.74, 6) is 2.63. The number of aliphatic imine (C=N–C) groups is 3. The van der Waals surface area contributed by atoms with Crippen LogP contribution < -0.4 is 10.6 Å². The number of allylic oxidation sites excluding steroid dienone is 9. The Morgan fingerprint density at radius 3 is 2.41 bits per heavy atom. The molecule has 0 spiro atoms. The molecule has 3 atom stereocenters. The van der Waals surface area contributed by atoms with Crippen LogP contribution in [0.2, 0.25) is 0 Å². The van der Waals surface area contributed by atoms with Gasteiger partial charge in [0.05, 0.1) is 13.7 Å². The zero-order chi connectivity index (χ0) is 34.8. The summed E-state index contributed by atoms with van der Waals surface area (Å²) in [6, 6.07) is 26.8. The van der Waals surface area contributed by atoms with E-state index in [1.807, 2.05) is 42.5 Å². The normalized spacial score (nSPS) is 23.1. The molecule has 0 fully saturated rings. The fourth-order valence-corrected chi connectivity index (χ4v) is 7.88. The summed E-state index contributed by atoms with van der Waals surface area (Å²) in [6.45, 7) is 6.69. The first-order valence-corrected chi connectivity index (χ1v) is 18.0. The first kappa shape index (κ1) is 32.6. The van der Waals surface area contributed by atoms with Gasteiger partial charge in [0.2, 0.25) is 0 Å². The standard InChI is InChI=1S/C46H43N3O2/c1-46(27-26-37-36-19-12-13-21-41(36)51-42(37)29-46)30-48-45(33-16-8-5-9-17-33)49-44(47-2)34-24-22-32(23-25-34)40-28-39(31-14-6-4-7-15-31)35-18-10-11-20-38(35)43(40)50-3/h5,8-14,16-26,28-29,35,38H,2,4,6-7,15,27,30H2,1,3H3/b48-45-,49-44-. The molecule has 0 amide bonds. The number of furan rings is 1. The van der Waals surface area contributed by atoms with E-state index in [4.69, 9.17) is 19.1 Å². The number of rotatable bonds is 7. The highest BCUT2D eigenvalue weighted by atomic mass is 16.5. The molecule has 3 unspecified atom stereocenters. The molecule has 0 bridgehead atoms. The molecule has 5 nitrogen and oxygen atoms in total. The third-order valence-electron chi connectivity index (χ3n) is 10.6. The van der Waals surface area contributed by atoms with Gasteiger partial charge in [-0.3, -0.25) is 4.99 Å². The van der Waals surface area contributed by atoms with Crippen molar-refractivity contribution in [2.24, 2.45) is 32.2 Å². The van der Waals surface area contributed by atoms with E-state index in [-0.39, 0.29) is 11.3 Å². The maximum absolute atomic E-state index is 6.24. The molecule has 254 valence electrons. The van der Waals surface area contributed by atoms with Crippen LogP contribution in [0.3, 0.4) is 0 Å². The van der Waals surface area contributed by atoms with Gasteiger partial charge in [-0.25, -0.2) is 9.98 Å². The molecule has 0 radical (unpaired) electrons. The molecule has 3 aromatic carbocycles. The molecular formula is C46H43N3O2. The number of para-hydroxylation sites is 1. The van der Waals surface area contributed by atoms with Gasteiger partial charge in [-0.05, 0) is 73.7 Å². The van der Waals surface area contributed by atoms with Crippen LogP contribution in [0.4, 0.5) is 0 Å². The zero-order valence-corrected chi connectivity index (χ0v) is 29.4. The summed E-state index contributed by atoms with van der Waals surface area (Å²) in [5.41, 5.74) is 8.53. The fraction of sp³-hybridized carbons (Fsp3) is 0.239. The van der Waals surface area contributed by atoms with Crippen molar-refractivity contribution in [2.75, 3.05) is 13.7 Å². The van der Waals surface area contributed by atoms with Crippen molar-refractivity contribution < 1.29 is 9.15 Å². The van der Waals surface area contributed by atoms with Crippen molar-refractivity contribution in [3.8, 4) is 0 Å². The Kier molecular flexibility index (Phi) is 8.95. The summed E-state index contributed by atoms with van der Waals surface area (Å²) in [6.07, 6.45) is 23.9. The molecule has 1 heterocycles. The van der Waals surface area contributed by atoms with Crippen LogP contribution in [-0.4, -0.2) is 32.0 Å². The summed E-state index contributed by atoms with van der Waals surface area (Å²) in [4.78, 5) is 14.6. The van der Waals surface area contributed by atoms with E-state index in [0.29, 0.717) is 24.1 Å². The number of nitrogens with zero attached hydrogens (tertiary/aromatic N) is 3. The molecule has 0 N–H and O–H groups in total. The number of fused-ring (bicyclic) bond motifs is 4. The highest BCUT2D eigenvalue weighted by Crippen LogP contribution is 2.46. The molecule has 4 aliphatic carbocycles. The summed E-state index contributed by atoms with van der Waals surface area (Å²) in [7, 11) is 1.79. The van der Waals surface area contributed by atoms with Crippen LogP contribution in [0, 0.1) is 17.3 Å². The summed E-state index contributed by atoms with van der Waals surface area (Å²) in [5, 5.41) is 2.32. The Labute approximate surface area is 299 Å². The highest BCUT2D eigenvalue weighted by Gasteiger charge is 2.34. The second kappa shape index (κ2) is 14.0. The summed E-state index contributed by atoms with van der Waals surface area (Å²) < 4.78 is 12.4. The lowest BCUT2D eigenvalue weighted by atomic mass is 9.71. The minimum Gasteiger partial charge on any atom is -0.500 e. The lowest BCUT2D eigenvalue weighted by Gasteiger charge is -2.35. The number of ether oxygens (including phenoxy) is 1. The van der Waals surface area contributed by atoms with Crippen molar-refractivity contribution in [3.63, 3.8) is 0 Å². The first-order chi connectivity index (χ1) is 25.0. The minimum absolute atomic E-state index is 0.174. The average molecular weight is 670 g/mol. The van der Waals surface area contributed by atoms with Crippen molar-refractivity contribution in [3.05, 3.63) is 160 Å². The van der Waals surface area contributed by atoms with Gasteiger partial charge in [0.1, 0.15) is 16.8 Å². The SMILES string of the molecule is C=N/C(=N\C(=N/CC1(C)C=c2oc3ccccc3c2=CC1)c1ccccc1)c1ccc(C2=C(OC)C3C=CC=CC3C(C3=CCCCC3)=C2)cc1. The van der Waals surface area contributed by atoms with Crippen LogP contribution in [0.25, 0.3) is 28.7 Å². The number of methoxy groups -OCH3 is 1. The van der Waals surface area contributed by atoms with Crippen LogP contribution in [-0.2, 0) is 4.74 Å². The average Bonchev–Trinajstić information content (AvgIpc) is 3.55. The zero-order valence-electron chi connectivity index (χ0n) is 29.4. The largest absolute Gasteiger partial charge is 0.500 e. The summed E-state index contributed by atoms with van der Waals surface area (Å²) >= 11 is 0. The molecule has 0 aliphatic heterocycles. The van der Waals surface area contributed by atoms with Crippen molar-refractivity contribution in [1.29, 1.82) is 0 Å². The second-order valence-corrected chi connectivity index (χ2v) is 14.1. The number of hydrogen-bond acceptors (Lipinski definition) is 3. The van der Waals surface area contributed by atoms with Gasteiger partial charge in [-0.2, -0.15) is 0 Å². The van der Waals surface area contributed by atoms with Crippen LogP contribution in [0.1, 0.15) is 55.7 Å². The molecule has 4 aromatic rings. The van der Waals surface area contributed by atoms with E-state index in [9.17, 15) is 0 Å². The maximum Gasteiger partial charge on any atom is 0.161 e. The van der Waals surface area contributed by atoms with E-state index in [0.717, 1.165) is 63.7 Å². The smallest absolute Gasteiger partial charge is 0.161 e. The molecule has 1 aromatic heterocycles. The predicted octanol–water partition coefficient (Wildman–Crippen LogP) is 9.15. The van der Waals surface area contributed by atoms with E-state index >= 15 is 0 Å². The van der Waals surface area contributed by atoms with Crippen molar-refractivity contribution in [1.82, 2.24) is 0 Å². The quantitative estimate of drug-likeness (QED) is 0.146. The van der Waals surface area contributed by atoms with Crippen LogP contribution in [0.15, 0.2) is 152 Å². The van der Waals surface area contributed by atoms with Gasteiger partial charge < -0.3 is 9.15 Å². The molecule has 51 heavy (non-hydrogen) atoms. The van der Waals surface area contributed by atoms with Gasteiger partial charge >= 0.3 is 0 Å². The molecule has 5 heteroatoms. The minimum atomic E-state index is -0.227. The Morgan fingerprint density at radius 1 is 0.882 bits per heavy atom. The Bertz CT molecular complexity index is 2330. The van der Waals surface area contributed by atoms with Gasteiger partial charge in [-0.1, -0.05) is 116 Å². The third-order valence-corrected chi connectivity index (χ3v) is 10.6. The van der Waals surface area contributed by atoms with Crippen molar-refractivity contribution >= 4 is 47.1 Å². The predicted molar refractivity (Wildman–Crippen MR) is 211 cm³/mol.